The fourth-order valence-electron chi connectivity index (χ4n) is 2.71. The van der Waals surface area contributed by atoms with Crippen LogP contribution in [-0.4, -0.2) is 23.7 Å². The Hall–Kier alpha value is -1.42. The SMILES string of the molecule is O=C(CCc1cccc(F)c1)NC[C@H]1CCCC[C@H]1O. The van der Waals surface area contributed by atoms with Gasteiger partial charge in [-0.1, -0.05) is 25.0 Å². The van der Waals surface area contributed by atoms with Crippen molar-refractivity contribution in [1.29, 1.82) is 0 Å². The number of nitrogens with one attached hydrogen (secondary N) is 1. The van der Waals surface area contributed by atoms with Gasteiger partial charge in [-0.15, -0.1) is 0 Å². The molecule has 0 unspecified atom stereocenters. The summed E-state index contributed by atoms with van der Waals surface area (Å²) in [4.78, 5) is 11.8. The minimum Gasteiger partial charge on any atom is -0.393 e. The minimum atomic E-state index is -0.285. The molecule has 0 spiro atoms. The molecule has 0 heterocycles. The Morgan fingerprint density at radius 2 is 2.15 bits per heavy atom. The number of benzene rings is 1. The van der Waals surface area contributed by atoms with Crippen molar-refractivity contribution in [2.75, 3.05) is 6.54 Å². The van der Waals surface area contributed by atoms with Gasteiger partial charge in [0.15, 0.2) is 0 Å². The summed E-state index contributed by atoms with van der Waals surface area (Å²) in [5, 5.41) is 12.7. The van der Waals surface area contributed by atoms with Crippen LogP contribution in [-0.2, 0) is 11.2 Å². The molecule has 4 heteroatoms. The van der Waals surface area contributed by atoms with E-state index in [0.29, 0.717) is 19.4 Å². The molecule has 110 valence electrons. The average Bonchev–Trinajstić information content (AvgIpc) is 2.44. The summed E-state index contributed by atoms with van der Waals surface area (Å²) in [6.07, 6.45) is 4.62. The van der Waals surface area contributed by atoms with Crippen LogP contribution >= 0.6 is 0 Å². The molecule has 1 aliphatic rings. The molecule has 1 aromatic rings. The number of amides is 1. The van der Waals surface area contributed by atoms with Gasteiger partial charge in [0, 0.05) is 18.9 Å². The Balaban J connectivity index is 1.70. The van der Waals surface area contributed by atoms with Crippen LogP contribution in [0.15, 0.2) is 24.3 Å². The highest BCUT2D eigenvalue weighted by Gasteiger charge is 2.23. The number of hydrogen-bond donors (Lipinski definition) is 2. The highest BCUT2D eigenvalue weighted by atomic mass is 19.1. The predicted molar refractivity (Wildman–Crippen MR) is 75.7 cm³/mol. The molecule has 0 bridgehead atoms. The third kappa shape index (κ3) is 4.60. The third-order valence-corrected chi connectivity index (χ3v) is 3.96. The third-order valence-electron chi connectivity index (χ3n) is 3.96. The maximum Gasteiger partial charge on any atom is 0.220 e. The van der Waals surface area contributed by atoms with Crippen LogP contribution in [0.3, 0.4) is 0 Å². The zero-order valence-electron chi connectivity index (χ0n) is 11.6. The van der Waals surface area contributed by atoms with Crippen LogP contribution in [0, 0.1) is 11.7 Å². The molecule has 1 aromatic carbocycles. The summed E-state index contributed by atoms with van der Waals surface area (Å²) < 4.78 is 13.0. The van der Waals surface area contributed by atoms with Crippen molar-refractivity contribution in [1.82, 2.24) is 5.32 Å². The lowest BCUT2D eigenvalue weighted by molar-refractivity contribution is -0.121. The minimum absolute atomic E-state index is 0.0352. The lowest BCUT2D eigenvalue weighted by Crippen LogP contribution is -2.36. The molecule has 2 atom stereocenters. The second-order valence-corrected chi connectivity index (χ2v) is 5.55. The highest BCUT2D eigenvalue weighted by Crippen LogP contribution is 2.23. The second kappa shape index (κ2) is 7.39. The van der Waals surface area contributed by atoms with Crippen LogP contribution in [0.25, 0.3) is 0 Å². The molecule has 2 rings (SSSR count). The highest BCUT2D eigenvalue weighted by molar-refractivity contribution is 5.76. The molecule has 0 aromatic heterocycles. The number of aliphatic hydroxyl groups is 1. The number of aliphatic hydroxyl groups excluding tert-OH is 1. The van der Waals surface area contributed by atoms with Gasteiger partial charge in [0.25, 0.3) is 0 Å². The number of rotatable bonds is 5. The van der Waals surface area contributed by atoms with Crippen molar-refractivity contribution in [2.24, 2.45) is 5.92 Å². The van der Waals surface area contributed by atoms with Gasteiger partial charge in [-0.25, -0.2) is 4.39 Å². The smallest absolute Gasteiger partial charge is 0.220 e. The monoisotopic (exact) mass is 279 g/mol. The van der Waals surface area contributed by atoms with Crippen molar-refractivity contribution in [3.63, 3.8) is 0 Å². The summed E-state index contributed by atoms with van der Waals surface area (Å²) in [6, 6.07) is 6.33. The summed E-state index contributed by atoms with van der Waals surface area (Å²) in [5.74, 6) is -0.123. The van der Waals surface area contributed by atoms with Crippen molar-refractivity contribution in [2.45, 2.75) is 44.6 Å². The molecular weight excluding hydrogens is 257 g/mol. The van der Waals surface area contributed by atoms with E-state index < -0.39 is 0 Å². The van der Waals surface area contributed by atoms with E-state index in [-0.39, 0.29) is 23.7 Å². The van der Waals surface area contributed by atoms with Gasteiger partial charge in [-0.05, 0) is 37.0 Å². The Bertz CT molecular complexity index is 450. The zero-order valence-corrected chi connectivity index (χ0v) is 11.6. The van der Waals surface area contributed by atoms with E-state index in [1.807, 2.05) is 6.07 Å². The van der Waals surface area contributed by atoms with Gasteiger partial charge < -0.3 is 10.4 Å². The second-order valence-electron chi connectivity index (χ2n) is 5.55. The molecule has 2 N–H and O–H groups in total. The molecule has 3 nitrogen and oxygen atoms in total. The summed E-state index contributed by atoms with van der Waals surface area (Å²) in [7, 11) is 0. The quantitative estimate of drug-likeness (QED) is 0.869. The van der Waals surface area contributed by atoms with E-state index in [0.717, 1.165) is 31.2 Å². The molecule has 1 saturated carbocycles. The molecule has 0 aliphatic heterocycles. The fraction of sp³-hybridized carbons (Fsp3) is 0.562. The number of hydrogen-bond acceptors (Lipinski definition) is 2. The first-order valence-electron chi connectivity index (χ1n) is 7.34. The van der Waals surface area contributed by atoms with Gasteiger partial charge >= 0.3 is 0 Å². The first-order chi connectivity index (χ1) is 9.65. The lowest BCUT2D eigenvalue weighted by atomic mass is 9.86. The Labute approximate surface area is 119 Å². The summed E-state index contributed by atoms with van der Waals surface area (Å²) >= 11 is 0. The Morgan fingerprint density at radius 1 is 1.35 bits per heavy atom. The topological polar surface area (TPSA) is 49.3 Å². The Kier molecular flexibility index (Phi) is 5.53. The molecule has 0 saturated heterocycles. The first-order valence-corrected chi connectivity index (χ1v) is 7.34. The normalized spacial score (nSPS) is 22.5. The van der Waals surface area contributed by atoms with Gasteiger partial charge in [0.1, 0.15) is 5.82 Å². The van der Waals surface area contributed by atoms with Crippen LogP contribution < -0.4 is 5.32 Å². The molecule has 1 fully saturated rings. The van der Waals surface area contributed by atoms with Crippen LogP contribution in [0.2, 0.25) is 0 Å². The largest absolute Gasteiger partial charge is 0.393 e. The van der Waals surface area contributed by atoms with Crippen molar-refractivity contribution in [3.05, 3.63) is 35.6 Å². The average molecular weight is 279 g/mol. The van der Waals surface area contributed by atoms with E-state index in [1.165, 1.54) is 12.1 Å². The van der Waals surface area contributed by atoms with Gasteiger partial charge in [-0.3, -0.25) is 4.79 Å². The number of aryl methyl sites for hydroxylation is 1. The summed E-state index contributed by atoms with van der Waals surface area (Å²) in [6.45, 7) is 0.545. The van der Waals surface area contributed by atoms with Crippen molar-refractivity contribution < 1.29 is 14.3 Å². The fourth-order valence-corrected chi connectivity index (χ4v) is 2.71. The summed E-state index contributed by atoms with van der Waals surface area (Å²) in [5.41, 5.74) is 0.831. The van der Waals surface area contributed by atoms with E-state index in [2.05, 4.69) is 5.32 Å². The van der Waals surface area contributed by atoms with Crippen molar-refractivity contribution >= 4 is 5.91 Å². The molecule has 1 amide bonds. The van der Waals surface area contributed by atoms with E-state index in [9.17, 15) is 14.3 Å². The van der Waals surface area contributed by atoms with E-state index >= 15 is 0 Å². The maximum atomic E-state index is 13.0. The number of carbonyl (C=O) groups excluding carboxylic acids is 1. The predicted octanol–water partition coefficient (Wildman–Crippen LogP) is 2.43. The lowest BCUT2D eigenvalue weighted by Gasteiger charge is -2.27. The van der Waals surface area contributed by atoms with E-state index in [4.69, 9.17) is 0 Å². The standard InChI is InChI=1S/C16H22FNO2/c17-14-6-3-4-12(10-14)8-9-16(20)18-11-13-5-1-2-7-15(13)19/h3-4,6,10,13,15,19H,1-2,5,7-9,11H2,(H,18,20)/t13-,15-/m1/s1. The van der Waals surface area contributed by atoms with E-state index in [1.54, 1.807) is 6.07 Å². The Morgan fingerprint density at radius 3 is 2.90 bits per heavy atom. The van der Waals surface area contributed by atoms with Crippen LogP contribution in [0.4, 0.5) is 4.39 Å². The van der Waals surface area contributed by atoms with Gasteiger partial charge in [0.05, 0.1) is 6.10 Å². The molecule has 20 heavy (non-hydrogen) atoms. The number of halogens is 1. The molecule has 0 radical (unpaired) electrons. The maximum absolute atomic E-state index is 13.0. The first kappa shape index (κ1) is 15.0. The zero-order chi connectivity index (χ0) is 14.4. The molecule has 1 aliphatic carbocycles. The van der Waals surface area contributed by atoms with Gasteiger partial charge in [0.2, 0.25) is 5.91 Å². The van der Waals surface area contributed by atoms with Crippen molar-refractivity contribution in [3.8, 4) is 0 Å². The number of carbonyl (C=O) groups is 1. The van der Waals surface area contributed by atoms with Gasteiger partial charge in [-0.2, -0.15) is 0 Å². The van der Waals surface area contributed by atoms with Crippen LogP contribution in [0.1, 0.15) is 37.7 Å². The van der Waals surface area contributed by atoms with Crippen LogP contribution in [0.5, 0.6) is 0 Å². The molecular formula is C16H22FNO2.